The topological polar surface area (TPSA) is 70.7 Å². The van der Waals surface area contributed by atoms with E-state index in [1.165, 1.54) is 11.9 Å². The first-order chi connectivity index (χ1) is 8.54. The number of nitrogens with zero attached hydrogens (tertiary/aromatic N) is 1. The summed E-state index contributed by atoms with van der Waals surface area (Å²) in [6, 6.07) is -0.0889. The minimum absolute atomic E-state index is 0.0314. The number of rotatable bonds is 2. The zero-order valence-corrected chi connectivity index (χ0v) is 11.5. The summed E-state index contributed by atoms with van der Waals surface area (Å²) in [6.45, 7) is 1.95. The van der Waals surface area contributed by atoms with Crippen LogP contribution in [-0.4, -0.2) is 41.8 Å². The Morgan fingerprint density at radius 3 is 2.56 bits per heavy atom. The van der Waals surface area contributed by atoms with E-state index in [0.717, 1.165) is 25.7 Å². The number of hydrogen-bond acceptors (Lipinski definition) is 4. The molecule has 0 atom stereocenters. The molecule has 102 valence electrons. The Morgan fingerprint density at radius 2 is 2.00 bits per heavy atom. The predicted octanol–water partition coefficient (Wildman–Crippen LogP) is 1.60. The molecule has 6 nitrogen and oxygen atoms in total. The van der Waals surface area contributed by atoms with Gasteiger partial charge in [-0.1, -0.05) is 12.8 Å². The number of nitrogens with one attached hydrogen (secondary N) is 2. The maximum Gasteiger partial charge on any atom is 0.413 e. The Kier molecular flexibility index (Phi) is 5.84. The summed E-state index contributed by atoms with van der Waals surface area (Å²) in [5.41, 5.74) is 0. The first kappa shape index (κ1) is 14.7. The van der Waals surface area contributed by atoms with Crippen molar-refractivity contribution in [2.45, 2.75) is 38.6 Å². The van der Waals surface area contributed by atoms with Crippen molar-refractivity contribution in [3.05, 3.63) is 0 Å². The molecule has 0 spiro atoms. The van der Waals surface area contributed by atoms with Crippen LogP contribution in [0.25, 0.3) is 0 Å². The van der Waals surface area contributed by atoms with Crippen molar-refractivity contribution in [2.75, 3.05) is 13.7 Å². The fourth-order valence-corrected chi connectivity index (χ4v) is 1.94. The van der Waals surface area contributed by atoms with Crippen molar-refractivity contribution in [1.29, 1.82) is 0 Å². The zero-order valence-electron chi connectivity index (χ0n) is 10.7. The summed E-state index contributed by atoms with van der Waals surface area (Å²) in [5.74, 6) is 0. The van der Waals surface area contributed by atoms with E-state index in [1.807, 2.05) is 0 Å². The Hall–Kier alpha value is -1.37. The molecule has 0 aromatic rings. The number of carbonyl (C=O) groups excluding carboxylic acids is 2. The number of thiocarbonyl (C=S) groups is 1. The molecule has 0 aliphatic heterocycles. The number of alkyl carbamates (subject to hydrolysis) is 1. The number of urea groups is 1. The highest BCUT2D eigenvalue weighted by Gasteiger charge is 2.21. The molecular formula is C11H19N3O3S. The number of hydrogen-bond donors (Lipinski definition) is 2. The second-order valence-corrected chi connectivity index (χ2v) is 4.53. The molecule has 0 aromatic heterocycles. The lowest BCUT2D eigenvalue weighted by Gasteiger charge is -2.21. The molecule has 0 radical (unpaired) electrons. The van der Waals surface area contributed by atoms with Crippen LogP contribution in [0.3, 0.4) is 0 Å². The van der Waals surface area contributed by atoms with Gasteiger partial charge in [0.2, 0.25) is 0 Å². The van der Waals surface area contributed by atoms with Crippen LogP contribution in [0.2, 0.25) is 0 Å². The lowest BCUT2D eigenvalue weighted by atomic mass is 10.2. The quantitative estimate of drug-likeness (QED) is 0.750. The summed E-state index contributed by atoms with van der Waals surface area (Å²) in [6.07, 6.45) is 3.62. The smallest absolute Gasteiger partial charge is 0.413 e. The van der Waals surface area contributed by atoms with Crippen molar-refractivity contribution in [2.24, 2.45) is 0 Å². The number of amides is 3. The van der Waals surface area contributed by atoms with Gasteiger partial charge in [0.05, 0.1) is 6.61 Å². The molecule has 1 rings (SSSR count). The molecule has 18 heavy (non-hydrogen) atoms. The predicted molar refractivity (Wildman–Crippen MR) is 71.3 cm³/mol. The molecule has 0 unspecified atom stereocenters. The van der Waals surface area contributed by atoms with Crippen molar-refractivity contribution in [3.8, 4) is 0 Å². The summed E-state index contributed by atoms with van der Waals surface area (Å²) >= 11 is 4.94. The van der Waals surface area contributed by atoms with Gasteiger partial charge in [0, 0.05) is 13.1 Å². The molecule has 1 aliphatic rings. The van der Waals surface area contributed by atoms with E-state index in [0.29, 0.717) is 0 Å². The van der Waals surface area contributed by atoms with Gasteiger partial charge in [0.15, 0.2) is 5.11 Å². The third-order valence-electron chi connectivity index (χ3n) is 2.78. The van der Waals surface area contributed by atoms with Gasteiger partial charge in [-0.15, -0.1) is 0 Å². The maximum atomic E-state index is 11.8. The molecule has 1 aliphatic carbocycles. The fourth-order valence-electron chi connectivity index (χ4n) is 1.77. The molecular weight excluding hydrogens is 254 g/mol. The van der Waals surface area contributed by atoms with Crippen LogP contribution in [-0.2, 0) is 4.74 Å². The second-order valence-electron chi connectivity index (χ2n) is 4.14. The van der Waals surface area contributed by atoms with Crippen LogP contribution in [0.4, 0.5) is 9.59 Å². The van der Waals surface area contributed by atoms with E-state index >= 15 is 0 Å². The Bertz CT molecular complexity index is 329. The van der Waals surface area contributed by atoms with Gasteiger partial charge in [-0.2, -0.15) is 0 Å². The molecule has 3 amide bonds. The van der Waals surface area contributed by atoms with Gasteiger partial charge < -0.3 is 10.1 Å². The van der Waals surface area contributed by atoms with E-state index in [2.05, 4.69) is 15.4 Å². The van der Waals surface area contributed by atoms with Crippen LogP contribution < -0.4 is 10.6 Å². The summed E-state index contributed by atoms with van der Waals surface area (Å²) < 4.78 is 4.68. The van der Waals surface area contributed by atoms with Crippen molar-refractivity contribution >= 4 is 29.5 Å². The molecule has 7 heteroatoms. The average Bonchev–Trinajstić information content (AvgIpc) is 2.80. The molecule has 0 heterocycles. The SMILES string of the molecule is CCOC(=O)NC(=S)N(C)C(=O)NC1CCCC1. The molecule has 0 saturated heterocycles. The van der Waals surface area contributed by atoms with Gasteiger partial charge in [0.1, 0.15) is 0 Å². The molecule has 1 fully saturated rings. The molecule has 0 bridgehead atoms. The van der Waals surface area contributed by atoms with Crippen LogP contribution in [0, 0.1) is 0 Å². The minimum atomic E-state index is -0.650. The van der Waals surface area contributed by atoms with Gasteiger partial charge >= 0.3 is 12.1 Å². The third kappa shape index (κ3) is 4.48. The van der Waals surface area contributed by atoms with Crippen molar-refractivity contribution < 1.29 is 14.3 Å². The number of ether oxygens (including phenoxy) is 1. The summed E-state index contributed by atoms with van der Waals surface area (Å²) in [5, 5.41) is 5.23. The Morgan fingerprint density at radius 1 is 1.39 bits per heavy atom. The summed E-state index contributed by atoms with van der Waals surface area (Å²) in [7, 11) is 1.51. The van der Waals surface area contributed by atoms with Crippen LogP contribution in [0.5, 0.6) is 0 Å². The van der Waals surface area contributed by atoms with Gasteiger partial charge in [-0.3, -0.25) is 10.2 Å². The molecule has 1 saturated carbocycles. The highest BCUT2D eigenvalue weighted by Crippen LogP contribution is 2.17. The normalized spacial score (nSPS) is 15.0. The highest BCUT2D eigenvalue weighted by molar-refractivity contribution is 7.80. The molecule has 2 N–H and O–H groups in total. The van der Waals surface area contributed by atoms with E-state index in [-0.39, 0.29) is 23.8 Å². The fraction of sp³-hybridized carbons (Fsp3) is 0.727. The van der Waals surface area contributed by atoms with Crippen molar-refractivity contribution in [1.82, 2.24) is 15.5 Å². The van der Waals surface area contributed by atoms with Crippen LogP contribution in [0.15, 0.2) is 0 Å². The standard InChI is InChI=1S/C11H19N3O3S/c1-3-17-11(16)13-10(18)14(2)9(15)12-8-6-4-5-7-8/h8H,3-7H2,1-2H3,(H,12,15)(H,13,16,18). The second kappa shape index (κ2) is 7.15. The minimum Gasteiger partial charge on any atom is -0.450 e. The van der Waals surface area contributed by atoms with E-state index in [1.54, 1.807) is 6.92 Å². The Balaban J connectivity index is 2.37. The third-order valence-corrected chi connectivity index (χ3v) is 3.15. The molecule has 0 aromatic carbocycles. The van der Waals surface area contributed by atoms with Crippen LogP contribution in [0.1, 0.15) is 32.6 Å². The lowest BCUT2D eigenvalue weighted by Crippen LogP contribution is -2.49. The van der Waals surface area contributed by atoms with E-state index < -0.39 is 6.09 Å². The first-order valence-electron chi connectivity index (χ1n) is 6.06. The van der Waals surface area contributed by atoms with Crippen molar-refractivity contribution in [3.63, 3.8) is 0 Å². The van der Waals surface area contributed by atoms with Gasteiger partial charge in [-0.25, -0.2) is 9.59 Å². The van der Waals surface area contributed by atoms with Gasteiger partial charge in [0.25, 0.3) is 0 Å². The average molecular weight is 273 g/mol. The largest absolute Gasteiger partial charge is 0.450 e. The first-order valence-corrected chi connectivity index (χ1v) is 6.47. The summed E-state index contributed by atoms with van der Waals surface area (Å²) in [4.78, 5) is 24.2. The van der Waals surface area contributed by atoms with E-state index in [4.69, 9.17) is 12.2 Å². The monoisotopic (exact) mass is 273 g/mol. The number of carbonyl (C=O) groups is 2. The lowest BCUT2D eigenvalue weighted by molar-refractivity contribution is 0.157. The zero-order chi connectivity index (χ0) is 13.5. The Labute approximate surface area is 112 Å². The van der Waals surface area contributed by atoms with E-state index in [9.17, 15) is 9.59 Å². The highest BCUT2D eigenvalue weighted by atomic mass is 32.1. The van der Waals surface area contributed by atoms with Crippen LogP contribution >= 0.6 is 12.2 Å². The van der Waals surface area contributed by atoms with Gasteiger partial charge in [-0.05, 0) is 32.0 Å². The maximum absolute atomic E-state index is 11.8.